The van der Waals surface area contributed by atoms with E-state index in [4.69, 9.17) is 36.3 Å². The molecule has 0 saturated heterocycles. The molecule has 0 rings (SSSR count). The third-order valence-corrected chi connectivity index (χ3v) is 11.6. The van der Waals surface area contributed by atoms with Gasteiger partial charge in [-0.2, -0.15) is 13.2 Å². The maximum atomic E-state index is 13.0. The second-order valence-electron chi connectivity index (χ2n) is 18.7. The lowest BCUT2D eigenvalue weighted by Crippen LogP contribution is -2.55. The minimum atomic E-state index is -5.19. The number of likely N-dealkylation sites (N-methyl/N-ethyl adjacent to an activating group) is 1. The number of aliphatic carboxylic acids is 2. The number of nitrogens with one attached hydrogen (secondary N) is 2. The van der Waals surface area contributed by atoms with Crippen LogP contribution in [0.2, 0.25) is 0 Å². The molecule has 2 unspecified atom stereocenters. The van der Waals surface area contributed by atoms with Crippen LogP contribution < -0.4 is 21.9 Å². The highest BCUT2D eigenvalue weighted by Gasteiger charge is 2.37. The van der Waals surface area contributed by atoms with Crippen LogP contribution in [-0.2, 0) is 28.7 Å². The van der Waals surface area contributed by atoms with Crippen LogP contribution in [0.4, 0.5) is 13.2 Å². The van der Waals surface area contributed by atoms with Gasteiger partial charge in [0.05, 0.1) is 20.6 Å². The van der Waals surface area contributed by atoms with Gasteiger partial charge in [0.25, 0.3) is 0 Å². The molecule has 0 spiro atoms. The van der Waals surface area contributed by atoms with E-state index in [1.165, 1.54) is 96.3 Å². The van der Waals surface area contributed by atoms with Crippen molar-refractivity contribution in [1.29, 1.82) is 5.41 Å². The van der Waals surface area contributed by atoms with Crippen molar-refractivity contribution in [2.45, 2.75) is 231 Å². The molecule has 0 bridgehead atoms. The monoisotopic (exact) mass is 962 g/mol. The molecule has 13 nitrogen and oxygen atoms in total. The third-order valence-electron chi connectivity index (χ3n) is 11.6. The molecule has 0 fully saturated rings. The molecule has 2 atom stereocenters. The summed E-state index contributed by atoms with van der Waals surface area (Å²) in [6.45, 7) is 5.59. The molecule has 7 N–H and O–H groups in total. The van der Waals surface area contributed by atoms with Crippen LogP contribution >= 0.6 is 0 Å². The van der Waals surface area contributed by atoms with Crippen LogP contribution in [0.25, 0.3) is 0 Å². The standard InChI is InChI=1S/C49H93N5O6.C2HF3O2/c1-5-7-9-11-13-15-17-19-21-23-25-27-29-31-33-36-45(55)59-43-44(42-54(3,4)41-39-49(52,47(57)58)38-35-40-53-48(50)51)60-46(56)37-34-32-30-28-26-24-22-20-18-16-14-12-10-8-6-2;3-2(4,5)1(6)7/h19-22,44H,5-18,23-43,52H2,1-4H3,(H4-,50,51,53,57,58);(H,6,7)/b21-19-,22-20-;. The van der Waals surface area contributed by atoms with Gasteiger partial charge >= 0.3 is 24.1 Å². The largest absolute Gasteiger partial charge is 0.542 e. The first kappa shape index (κ1) is 65.4. The number of hydrogen-bond donors (Lipinski definition) is 5. The topological polar surface area (TPSA) is 218 Å². The molecule has 0 aliphatic heterocycles. The summed E-state index contributed by atoms with van der Waals surface area (Å²) in [6.07, 6.45) is 35.8. The predicted molar refractivity (Wildman–Crippen MR) is 261 cm³/mol. The Labute approximate surface area is 402 Å². The van der Waals surface area contributed by atoms with E-state index >= 15 is 0 Å². The number of quaternary nitrogens is 1. The molecule has 67 heavy (non-hydrogen) atoms. The summed E-state index contributed by atoms with van der Waals surface area (Å²) >= 11 is 0. The van der Waals surface area contributed by atoms with Gasteiger partial charge in [0.15, 0.2) is 12.1 Å². The molecule has 0 amide bonds. The van der Waals surface area contributed by atoms with Crippen LogP contribution in [0, 0.1) is 5.41 Å². The van der Waals surface area contributed by atoms with Crippen LogP contribution in [-0.4, -0.2) is 97.6 Å². The van der Waals surface area contributed by atoms with Gasteiger partial charge in [0.1, 0.15) is 24.7 Å². The molecule has 0 aromatic carbocycles. The molecule has 16 heteroatoms. The smallest absolute Gasteiger partial charge is 0.430 e. The number of carboxylic acid groups (broad SMARTS) is 2. The normalized spacial score (nSPS) is 13.2. The van der Waals surface area contributed by atoms with E-state index in [1.54, 1.807) is 0 Å². The Hall–Kier alpha value is -3.66. The first-order valence-electron chi connectivity index (χ1n) is 25.6. The fraction of sp³-hybridized carbons (Fsp3) is 0.824. The zero-order valence-corrected chi connectivity index (χ0v) is 42.2. The lowest BCUT2D eigenvalue weighted by Gasteiger charge is -2.36. The summed E-state index contributed by atoms with van der Waals surface area (Å²) in [4.78, 5) is 46.8. The van der Waals surface area contributed by atoms with Gasteiger partial charge in [-0.25, -0.2) is 0 Å². The van der Waals surface area contributed by atoms with E-state index in [9.17, 15) is 32.7 Å². The number of carbonyl (C=O) groups is 4. The Morgan fingerprint density at radius 1 is 0.672 bits per heavy atom. The average Bonchev–Trinajstić information content (AvgIpc) is 3.26. The van der Waals surface area contributed by atoms with Crippen molar-refractivity contribution >= 4 is 29.8 Å². The second kappa shape index (κ2) is 42.4. The van der Waals surface area contributed by atoms with E-state index in [-0.39, 0.29) is 37.3 Å². The van der Waals surface area contributed by atoms with Gasteiger partial charge in [-0.15, -0.1) is 0 Å². The number of guanidine groups is 1. The van der Waals surface area contributed by atoms with Gasteiger partial charge in [-0.1, -0.05) is 141 Å². The van der Waals surface area contributed by atoms with E-state index in [0.29, 0.717) is 43.4 Å². The summed E-state index contributed by atoms with van der Waals surface area (Å²) in [7, 11) is 3.88. The maximum absolute atomic E-state index is 13.0. The molecule has 0 aromatic rings. The molecule has 0 radical (unpaired) electrons. The number of nitrogens with zero attached hydrogens (tertiary/aromatic N) is 1. The summed E-state index contributed by atoms with van der Waals surface area (Å²) in [5.41, 5.74) is 10.3. The minimum Gasteiger partial charge on any atom is -0.542 e. The SMILES string of the molecule is CCCCCCCC/C=C\CCCCCCCC(=O)OCC(C[N+](C)(C)CCC(N)(CCCNC(=N)N)C(=O)O)OC(=O)CCCCCCC/C=C\CCCCCCCC.O=C([O-])C(F)(F)F. The van der Waals surface area contributed by atoms with Crippen molar-refractivity contribution in [3.8, 4) is 0 Å². The van der Waals surface area contributed by atoms with Crippen molar-refractivity contribution in [2.75, 3.05) is 40.3 Å². The number of nitrogens with two attached hydrogens (primary N) is 2. The number of alkyl halides is 3. The Morgan fingerprint density at radius 2 is 1.06 bits per heavy atom. The quantitative estimate of drug-likeness (QED) is 0.00967. The highest BCUT2D eigenvalue weighted by molar-refractivity contribution is 5.78. The number of halogens is 3. The molecular formula is C51H94F3N5O8. The van der Waals surface area contributed by atoms with Crippen molar-refractivity contribution in [2.24, 2.45) is 11.5 Å². The van der Waals surface area contributed by atoms with Crippen LogP contribution in [0.3, 0.4) is 0 Å². The highest BCUT2D eigenvalue weighted by atomic mass is 19.4. The Bertz CT molecular complexity index is 1350. The maximum Gasteiger partial charge on any atom is 0.430 e. The summed E-state index contributed by atoms with van der Waals surface area (Å²) in [5.74, 6) is -4.85. The summed E-state index contributed by atoms with van der Waals surface area (Å²) in [5, 5.41) is 28.8. The van der Waals surface area contributed by atoms with E-state index in [2.05, 4.69) is 43.5 Å². The molecule has 0 aromatic heterocycles. The Kier molecular flexibility index (Phi) is 41.4. The van der Waals surface area contributed by atoms with Gasteiger partial charge < -0.3 is 45.7 Å². The second-order valence-corrected chi connectivity index (χ2v) is 18.7. The molecule has 0 aliphatic rings. The van der Waals surface area contributed by atoms with Crippen molar-refractivity contribution in [3.05, 3.63) is 24.3 Å². The fourth-order valence-electron chi connectivity index (χ4n) is 7.42. The summed E-state index contributed by atoms with van der Waals surface area (Å²) < 4.78 is 43.5. The zero-order valence-electron chi connectivity index (χ0n) is 42.2. The van der Waals surface area contributed by atoms with Crippen molar-refractivity contribution in [1.82, 2.24) is 5.32 Å². The van der Waals surface area contributed by atoms with Gasteiger partial charge in [-0.05, 0) is 77.0 Å². The van der Waals surface area contributed by atoms with E-state index in [1.807, 2.05) is 14.1 Å². The number of carbonyl (C=O) groups excluding carboxylic acids is 3. The highest BCUT2D eigenvalue weighted by Crippen LogP contribution is 2.19. The molecule has 0 aliphatic carbocycles. The number of carboxylic acids is 2. The van der Waals surface area contributed by atoms with Crippen molar-refractivity contribution < 1.29 is 56.5 Å². The Balaban J connectivity index is 0. The van der Waals surface area contributed by atoms with E-state index < -0.39 is 29.8 Å². The molecule has 392 valence electrons. The fourth-order valence-corrected chi connectivity index (χ4v) is 7.42. The van der Waals surface area contributed by atoms with E-state index in [0.717, 1.165) is 70.6 Å². The summed E-state index contributed by atoms with van der Waals surface area (Å²) in [6, 6.07) is 0. The Morgan fingerprint density at radius 3 is 1.45 bits per heavy atom. The van der Waals surface area contributed by atoms with Crippen LogP contribution in [0.5, 0.6) is 0 Å². The van der Waals surface area contributed by atoms with Crippen LogP contribution in [0.15, 0.2) is 24.3 Å². The number of esters is 2. The first-order valence-corrected chi connectivity index (χ1v) is 25.6. The van der Waals surface area contributed by atoms with Gasteiger partial charge in [0, 0.05) is 25.8 Å². The van der Waals surface area contributed by atoms with Gasteiger partial charge in [0.2, 0.25) is 0 Å². The van der Waals surface area contributed by atoms with Crippen LogP contribution in [0.1, 0.15) is 213 Å². The van der Waals surface area contributed by atoms with Crippen molar-refractivity contribution in [3.63, 3.8) is 0 Å². The number of rotatable bonds is 43. The lowest BCUT2D eigenvalue weighted by atomic mass is 9.90. The average molecular weight is 962 g/mol. The zero-order chi connectivity index (χ0) is 50.7. The lowest BCUT2D eigenvalue weighted by molar-refractivity contribution is -0.893. The number of ether oxygens (including phenoxy) is 2. The third kappa shape index (κ3) is 44.6. The molecule has 0 saturated carbocycles. The number of unbranched alkanes of at least 4 members (excludes halogenated alkanes) is 22. The number of allylic oxidation sites excluding steroid dienone is 4. The first-order chi connectivity index (χ1) is 31.8. The number of hydrogen-bond acceptors (Lipinski definition) is 9. The minimum absolute atomic E-state index is 0.0346. The van der Waals surface area contributed by atoms with Gasteiger partial charge in [-0.3, -0.25) is 19.8 Å². The molecular weight excluding hydrogens is 868 g/mol. The predicted octanol–water partition coefficient (Wildman–Crippen LogP) is 10.3. The molecule has 0 heterocycles.